The molecule has 3 aromatic carbocycles. The molecule has 0 bridgehead atoms. The molecule has 1 aliphatic rings. The highest BCUT2D eigenvalue weighted by Crippen LogP contribution is 2.29. The summed E-state index contributed by atoms with van der Waals surface area (Å²) in [7, 11) is -1.94. The first kappa shape index (κ1) is 21.3. The van der Waals surface area contributed by atoms with Crippen LogP contribution in [-0.2, 0) is 21.9 Å². The van der Waals surface area contributed by atoms with Gasteiger partial charge in [0, 0.05) is 24.0 Å². The molecule has 1 aliphatic heterocycles. The van der Waals surface area contributed by atoms with Gasteiger partial charge in [0.25, 0.3) is 5.91 Å². The molecule has 0 saturated carbocycles. The predicted molar refractivity (Wildman–Crippen MR) is 127 cm³/mol. The fourth-order valence-corrected chi connectivity index (χ4v) is 7.08. The van der Waals surface area contributed by atoms with E-state index in [0.717, 1.165) is 21.0 Å². The van der Waals surface area contributed by atoms with E-state index in [9.17, 15) is 13.2 Å². The van der Waals surface area contributed by atoms with Gasteiger partial charge in [0.05, 0.1) is 15.1 Å². The van der Waals surface area contributed by atoms with Gasteiger partial charge in [-0.25, -0.2) is 8.42 Å². The van der Waals surface area contributed by atoms with Gasteiger partial charge in [-0.1, -0.05) is 53.3 Å². The number of halogens is 1. The lowest BCUT2D eigenvalue weighted by molar-refractivity contribution is -0.121. The number of rotatable bonds is 3. The fraction of sp³-hybridized carbons (Fsp3) is 0.217. The average Bonchev–Trinajstić information content (AvgIpc) is 3.40. The minimum absolute atomic E-state index is 0.125. The Kier molecular flexibility index (Phi) is 5.41. The molecule has 32 heavy (non-hydrogen) atoms. The highest BCUT2D eigenvalue weighted by molar-refractivity contribution is 7.89. The molecule has 1 aromatic heterocycles. The molecule has 1 unspecified atom stereocenters. The van der Waals surface area contributed by atoms with Crippen LogP contribution in [-0.4, -0.2) is 35.8 Å². The van der Waals surface area contributed by atoms with Crippen molar-refractivity contribution in [1.29, 1.82) is 0 Å². The topological polar surface area (TPSA) is 71.7 Å². The van der Waals surface area contributed by atoms with Crippen LogP contribution in [0.1, 0.15) is 12.8 Å². The Hall–Kier alpha value is -2.52. The maximum atomic E-state index is 13.2. The number of hydrogen-bond acceptors (Lipinski definition) is 4. The predicted octanol–water partition coefficient (Wildman–Crippen LogP) is 4.33. The largest absolute Gasteiger partial charge is 0.319 e. The molecule has 1 saturated heterocycles. The van der Waals surface area contributed by atoms with Crippen LogP contribution < -0.4 is 4.80 Å². The number of carbonyl (C=O) groups excluding carboxylic acids is 1. The van der Waals surface area contributed by atoms with Crippen molar-refractivity contribution in [2.75, 3.05) is 6.54 Å². The molecule has 0 aliphatic carbocycles. The van der Waals surface area contributed by atoms with Crippen molar-refractivity contribution < 1.29 is 13.2 Å². The van der Waals surface area contributed by atoms with Gasteiger partial charge in [0.2, 0.25) is 10.0 Å². The Morgan fingerprint density at radius 2 is 1.84 bits per heavy atom. The number of amides is 1. The molecule has 9 heteroatoms. The lowest BCUT2D eigenvalue weighted by atomic mass is 10.1. The lowest BCUT2D eigenvalue weighted by Gasteiger charge is -2.21. The summed E-state index contributed by atoms with van der Waals surface area (Å²) in [5.74, 6) is -0.438. The molecule has 0 spiro atoms. The third-order valence-corrected chi connectivity index (χ3v) is 9.17. The second-order valence-corrected chi connectivity index (χ2v) is 11.1. The summed E-state index contributed by atoms with van der Waals surface area (Å²) in [5, 5.41) is 2.68. The number of thiazole rings is 1. The quantitative estimate of drug-likeness (QED) is 0.433. The third kappa shape index (κ3) is 3.57. The number of benzene rings is 3. The molecule has 164 valence electrons. The Balaban J connectivity index is 1.54. The van der Waals surface area contributed by atoms with E-state index < -0.39 is 22.0 Å². The highest BCUT2D eigenvalue weighted by atomic mass is 35.5. The first-order valence-corrected chi connectivity index (χ1v) is 12.8. The van der Waals surface area contributed by atoms with Gasteiger partial charge in [-0.05, 0) is 48.6 Å². The molecular formula is C23H20ClN3O3S2. The van der Waals surface area contributed by atoms with Gasteiger partial charge in [0.15, 0.2) is 4.80 Å². The van der Waals surface area contributed by atoms with E-state index in [0.29, 0.717) is 29.2 Å². The van der Waals surface area contributed by atoms with Crippen molar-refractivity contribution in [2.24, 2.45) is 12.0 Å². The van der Waals surface area contributed by atoms with Crippen LogP contribution in [0.15, 0.2) is 70.6 Å². The summed E-state index contributed by atoms with van der Waals surface area (Å²) in [6.07, 6.45) is 1.06. The number of hydrogen-bond donors (Lipinski definition) is 0. The Labute approximate surface area is 194 Å². The minimum Gasteiger partial charge on any atom is -0.319 e. The first-order valence-electron chi connectivity index (χ1n) is 10.2. The van der Waals surface area contributed by atoms with Crippen LogP contribution >= 0.6 is 22.9 Å². The van der Waals surface area contributed by atoms with E-state index in [2.05, 4.69) is 17.1 Å². The molecule has 4 aromatic rings. The number of sulfonamides is 1. The standard InChI is InChI=1S/C23H20ClN3O3S2/c1-26-19-13-8-15-5-2-3-6-18(15)21(19)31-23(26)25-22(28)20-7-4-14-27(20)32(29,30)17-11-9-16(24)10-12-17/h2-3,5-6,8-13,20H,4,7,14H2,1H3. The first-order chi connectivity index (χ1) is 15.4. The summed E-state index contributed by atoms with van der Waals surface area (Å²) in [4.78, 5) is 18.2. The summed E-state index contributed by atoms with van der Waals surface area (Å²) < 4.78 is 30.5. The van der Waals surface area contributed by atoms with Crippen LogP contribution in [0.5, 0.6) is 0 Å². The molecule has 1 atom stereocenters. The Bertz CT molecular complexity index is 1520. The SMILES string of the molecule is Cn1c(=NC(=O)C2CCCN2S(=O)(=O)c2ccc(Cl)cc2)sc2c3ccccc3ccc21. The molecule has 6 nitrogen and oxygen atoms in total. The Morgan fingerprint density at radius 1 is 1.09 bits per heavy atom. The van der Waals surface area contributed by atoms with Gasteiger partial charge >= 0.3 is 0 Å². The zero-order chi connectivity index (χ0) is 22.5. The van der Waals surface area contributed by atoms with E-state index >= 15 is 0 Å². The lowest BCUT2D eigenvalue weighted by Crippen LogP contribution is -2.40. The molecule has 5 rings (SSSR count). The molecule has 1 amide bonds. The normalized spacial score (nSPS) is 18.1. The monoisotopic (exact) mass is 485 g/mol. The second kappa shape index (κ2) is 8.12. The second-order valence-electron chi connectivity index (χ2n) is 7.76. The van der Waals surface area contributed by atoms with Crippen LogP contribution in [0, 0.1) is 0 Å². The highest BCUT2D eigenvalue weighted by Gasteiger charge is 2.39. The molecule has 1 fully saturated rings. The molecular weight excluding hydrogens is 466 g/mol. The molecule has 0 N–H and O–H groups in total. The fourth-order valence-electron chi connectivity index (χ4n) is 4.15. The number of carbonyl (C=O) groups is 1. The van der Waals surface area contributed by atoms with E-state index in [1.165, 1.54) is 39.9 Å². The maximum Gasteiger partial charge on any atom is 0.266 e. The van der Waals surface area contributed by atoms with Gasteiger partial charge in [-0.3, -0.25) is 4.79 Å². The average molecular weight is 486 g/mol. The van der Waals surface area contributed by atoms with Crippen molar-refractivity contribution >= 4 is 59.9 Å². The third-order valence-electron chi connectivity index (χ3n) is 5.82. The summed E-state index contributed by atoms with van der Waals surface area (Å²) in [6.45, 7) is 0.292. The molecule has 2 heterocycles. The van der Waals surface area contributed by atoms with Gasteiger partial charge < -0.3 is 4.57 Å². The van der Waals surface area contributed by atoms with Crippen molar-refractivity contribution in [1.82, 2.24) is 8.87 Å². The Morgan fingerprint density at radius 3 is 2.62 bits per heavy atom. The van der Waals surface area contributed by atoms with Crippen molar-refractivity contribution in [3.05, 3.63) is 70.5 Å². The zero-order valence-corrected chi connectivity index (χ0v) is 19.6. The van der Waals surface area contributed by atoms with Crippen molar-refractivity contribution in [3.63, 3.8) is 0 Å². The maximum absolute atomic E-state index is 13.2. The van der Waals surface area contributed by atoms with Crippen LogP contribution in [0.3, 0.4) is 0 Å². The van der Waals surface area contributed by atoms with Gasteiger partial charge in [0.1, 0.15) is 6.04 Å². The van der Waals surface area contributed by atoms with Crippen LogP contribution in [0.2, 0.25) is 5.02 Å². The zero-order valence-electron chi connectivity index (χ0n) is 17.2. The van der Waals surface area contributed by atoms with E-state index in [-0.39, 0.29) is 4.90 Å². The molecule has 0 radical (unpaired) electrons. The van der Waals surface area contributed by atoms with Gasteiger partial charge in [-0.2, -0.15) is 9.30 Å². The van der Waals surface area contributed by atoms with E-state index in [1.54, 1.807) is 0 Å². The van der Waals surface area contributed by atoms with E-state index in [1.807, 2.05) is 35.9 Å². The number of fused-ring (bicyclic) bond motifs is 3. The number of aromatic nitrogens is 1. The summed E-state index contributed by atoms with van der Waals surface area (Å²) in [6, 6.07) is 17.3. The van der Waals surface area contributed by atoms with Crippen LogP contribution in [0.4, 0.5) is 0 Å². The van der Waals surface area contributed by atoms with E-state index in [4.69, 9.17) is 11.6 Å². The summed E-state index contributed by atoms with van der Waals surface area (Å²) in [5.41, 5.74) is 0.984. The number of nitrogens with zero attached hydrogens (tertiary/aromatic N) is 3. The van der Waals surface area contributed by atoms with Crippen molar-refractivity contribution in [3.8, 4) is 0 Å². The minimum atomic E-state index is -3.82. The van der Waals surface area contributed by atoms with Crippen molar-refractivity contribution in [2.45, 2.75) is 23.8 Å². The smallest absolute Gasteiger partial charge is 0.266 e. The van der Waals surface area contributed by atoms with Crippen LogP contribution in [0.25, 0.3) is 21.0 Å². The van der Waals surface area contributed by atoms with Gasteiger partial charge in [-0.15, -0.1) is 0 Å². The summed E-state index contributed by atoms with van der Waals surface area (Å²) >= 11 is 7.34. The number of aryl methyl sites for hydroxylation is 1.